The molecule has 9 heteroatoms. The van der Waals surface area contributed by atoms with Crippen molar-refractivity contribution < 1.29 is 22.7 Å². The first-order valence-corrected chi connectivity index (χ1v) is 12.6. The summed E-state index contributed by atoms with van der Waals surface area (Å²) in [4.78, 5) is 19.6. The highest BCUT2D eigenvalue weighted by molar-refractivity contribution is 7.91. The zero-order valence-electron chi connectivity index (χ0n) is 17.2. The van der Waals surface area contributed by atoms with Gasteiger partial charge in [-0.05, 0) is 43.2 Å². The predicted molar refractivity (Wildman–Crippen MR) is 121 cm³/mol. The summed E-state index contributed by atoms with van der Waals surface area (Å²) in [5, 5.41) is 0.542. The number of benzene rings is 2. The molecule has 1 unspecified atom stereocenters. The number of methoxy groups -OCH3 is 1. The maximum Gasteiger partial charge on any atom is 0.229 e. The van der Waals surface area contributed by atoms with E-state index in [9.17, 15) is 13.2 Å². The Hall–Kier alpha value is -2.49. The summed E-state index contributed by atoms with van der Waals surface area (Å²) in [6, 6.07) is 13.8. The van der Waals surface area contributed by atoms with Crippen LogP contribution in [0.5, 0.6) is 5.75 Å². The molecule has 1 fully saturated rings. The van der Waals surface area contributed by atoms with E-state index in [0.717, 1.165) is 23.1 Å². The van der Waals surface area contributed by atoms with Crippen LogP contribution in [-0.4, -0.2) is 51.4 Å². The van der Waals surface area contributed by atoms with Crippen molar-refractivity contribution in [1.82, 2.24) is 4.98 Å². The Balaban J connectivity index is 1.56. The van der Waals surface area contributed by atoms with E-state index in [2.05, 4.69) is 4.98 Å². The number of hydrogen-bond acceptors (Lipinski definition) is 7. The van der Waals surface area contributed by atoms with Gasteiger partial charge >= 0.3 is 0 Å². The minimum Gasteiger partial charge on any atom is -0.497 e. The highest BCUT2D eigenvalue weighted by Gasteiger charge is 2.27. The van der Waals surface area contributed by atoms with E-state index >= 15 is 0 Å². The average molecular weight is 461 g/mol. The lowest BCUT2D eigenvalue weighted by molar-refractivity contribution is -0.118. The van der Waals surface area contributed by atoms with Gasteiger partial charge in [0.05, 0.1) is 40.6 Å². The zero-order valence-corrected chi connectivity index (χ0v) is 18.8. The lowest BCUT2D eigenvalue weighted by atomic mass is 10.2. The predicted octanol–water partition coefficient (Wildman–Crippen LogP) is 3.68. The third-order valence-corrected chi connectivity index (χ3v) is 7.99. The van der Waals surface area contributed by atoms with Gasteiger partial charge in [0.25, 0.3) is 0 Å². The van der Waals surface area contributed by atoms with E-state index in [1.807, 2.05) is 18.2 Å². The van der Waals surface area contributed by atoms with Gasteiger partial charge in [-0.1, -0.05) is 29.5 Å². The smallest absolute Gasteiger partial charge is 0.229 e. The molecule has 1 atom stereocenters. The van der Waals surface area contributed by atoms with Crippen LogP contribution in [0, 0.1) is 0 Å². The van der Waals surface area contributed by atoms with Gasteiger partial charge in [-0.2, -0.15) is 0 Å². The summed E-state index contributed by atoms with van der Waals surface area (Å²) >= 11 is 1.39. The Bertz CT molecular complexity index is 1160. The number of carbonyl (C=O) groups excluding carboxylic acids is 1. The standard InChI is InChI=1S/C22H24N2O5S2/c1-28-16-9-10-19-20(14-16)30-22(23-19)24(15-17-6-5-12-29-17)21(25)11-13-31(26,27)18-7-3-2-4-8-18/h2-4,7-10,14,17H,5-6,11-13,15H2,1H3. The van der Waals surface area contributed by atoms with Crippen molar-refractivity contribution in [2.24, 2.45) is 0 Å². The van der Waals surface area contributed by atoms with E-state index in [-0.39, 0.29) is 29.1 Å². The number of thiazole rings is 1. The number of amides is 1. The number of hydrogen-bond donors (Lipinski definition) is 0. The normalized spacial score (nSPS) is 16.5. The SMILES string of the molecule is COc1ccc2nc(N(CC3CCCO3)C(=O)CCS(=O)(=O)c3ccccc3)sc2c1. The van der Waals surface area contributed by atoms with Crippen molar-refractivity contribution in [3.8, 4) is 5.75 Å². The highest BCUT2D eigenvalue weighted by atomic mass is 32.2. The fourth-order valence-electron chi connectivity index (χ4n) is 3.52. The topological polar surface area (TPSA) is 85.8 Å². The van der Waals surface area contributed by atoms with E-state index in [1.54, 1.807) is 42.3 Å². The molecule has 1 aliphatic heterocycles. The fraction of sp³-hybridized carbons (Fsp3) is 0.364. The van der Waals surface area contributed by atoms with Gasteiger partial charge in [0.1, 0.15) is 5.75 Å². The monoisotopic (exact) mass is 460 g/mol. The van der Waals surface area contributed by atoms with Gasteiger partial charge in [-0.25, -0.2) is 13.4 Å². The molecule has 164 valence electrons. The second-order valence-electron chi connectivity index (χ2n) is 7.35. The van der Waals surface area contributed by atoms with Gasteiger partial charge < -0.3 is 9.47 Å². The molecule has 3 aromatic rings. The Labute approximate surface area is 185 Å². The van der Waals surface area contributed by atoms with Crippen molar-refractivity contribution in [2.45, 2.75) is 30.3 Å². The highest BCUT2D eigenvalue weighted by Crippen LogP contribution is 2.32. The lowest BCUT2D eigenvalue weighted by Crippen LogP contribution is -2.38. The first-order valence-electron chi connectivity index (χ1n) is 10.1. The van der Waals surface area contributed by atoms with Crippen molar-refractivity contribution in [3.05, 3.63) is 48.5 Å². The van der Waals surface area contributed by atoms with Crippen LogP contribution in [0.2, 0.25) is 0 Å². The molecule has 0 radical (unpaired) electrons. The summed E-state index contributed by atoms with van der Waals surface area (Å²) in [6.07, 6.45) is 1.62. The summed E-state index contributed by atoms with van der Waals surface area (Å²) in [6.45, 7) is 1.04. The molecule has 1 aromatic heterocycles. The molecule has 31 heavy (non-hydrogen) atoms. The number of rotatable bonds is 8. The summed E-state index contributed by atoms with van der Waals surface area (Å²) in [5.41, 5.74) is 0.767. The fourth-order valence-corrected chi connectivity index (χ4v) is 5.79. The Kier molecular flexibility index (Phi) is 6.54. The maximum atomic E-state index is 13.2. The molecule has 0 bridgehead atoms. The molecular weight excluding hydrogens is 436 g/mol. The Morgan fingerprint density at radius 3 is 2.77 bits per heavy atom. The van der Waals surface area contributed by atoms with Crippen molar-refractivity contribution in [3.63, 3.8) is 0 Å². The van der Waals surface area contributed by atoms with E-state index in [4.69, 9.17) is 9.47 Å². The van der Waals surface area contributed by atoms with Gasteiger partial charge in [0, 0.05) is 13.0 Å². The van der Waals surface area contributed by atoms with Crippen LogP contribution in [0.25, 0.3) is 10.2 Å². The molecular formula is C22H24N2O5S2. The third kappa shape index (κ3) is 5.06. The van der Waals surface area contributed by atoms with Crippen LogP contribution in [0.3, 0.4) is 0 Å². The third-order valence-electron chi connectivity index (χ3n) is 5.21. The van der Waals surface area contributed by atoms with Crippen LogP contribution in [0.15, 0.2) is 53.4 Å². The maximum absolute atomic E-state index is 13.2. The minimum absolute atomic E-state index is 0.0729. The summed E-state index contributed by atoms with van der Waals surface area (Å²) in [5.74, 6) is 0.186. The number of fused-ring (bicyclic) bond motifs is 1. The molecule has 4 rings (SSSR count). The van der Waals surface area contributed by atoms with Crippen molar-refractivity contribution in [1.29, 1.82) is 0 Å². The lowest BCUT2D eigenvalue weighted by Gasteiger charge is -2.23. The number of aromatic nitrogens is 1. The Morgan fingerprint density at radius 2 is 2.06 bits per heavy atom. The molecule has 1 saturated heterocycles. The number of nitrogens with zero attached hydrogens (tertiary/aromatic N) is 2. The molecule has 1 amide bonds. The van der Waals surface area contributed by atoms with Crippen LogP contribution >= 0.6 is 11.3 Å². The van der Waals surface area contributed by atoms with E-state index < -0.39 is 9.84 Å². The van der Waals surface area contributed by atoms with Gasteiger partial charge in [0.2, 0.25) is 5.91 Å². The van der Waals surface area contributed by atoms with Crippen LogP contribution in [0.4, 0.5) is 5.13 Å². The zero-order chi connectivity index (χ0) is 21.8. The second-order valence-corrected chi connectivity index (χ2v) is 10.5. The summed E-state index contributed by atoms with van der Waals surface area (Å²) in [7, 11) is -1.94. The summed E-state index contributed by atoms with van der Waals surface area (Å²) < 4.78 is 37.2. The van der Waals surface area contributed by atoms with Crippen LogP contribution in [0.1, 0.15) is 19.3 Å². The first kappa shape index (κ1) is 21.7. The van der Waals surface area contributed by atoms with Crippen LogP contribution in [-0.2, 0) is 19.4 Å². The van der Waals surface area contributed by atoms with Gasteiger partial charge in [-0.15, -0.1) is 0 Å². The first-order chi connectivity index (χ1) is 15.0. The van der Waals surface area contributed by atoms with Gasteiger partial charge in [-0.3, -0.25) is 9.69 Å². The Morgan fingerprint density at radius 1 is 1.26 bits per heavy atom. The van der Waals surface area contributed by atoms with Gasteiger partial charge in [0.15, 0.2) is 15.0 Å². The quantitative estimate of drug-likeness (QED) is 0.510. The largest absolute Gasteiger partial charge is 0.497 e. The molecule has 2 heterocycles. The molecule has 7 nitrogen and oxygen atoms in total. The molecule has 0 spiro atoms. The molecule has 0 N–H and O–H groups in total. The van der Waals surface area contributed by atoms with Crippen molar-refractivity contribution in [2.75, 3.05) is 30.9 Å². The van der Waals surface area contributed by atoms with E-state index in [0.29, 0.717) is 24.0 Å². The average Bonchev–Trinajstić information content (AvgIpc) is 3.45. The van der Waals surface area contributed by atoms with E-state index in [1.165, 1.54) is 11.3 Å². The van der Waals surface area contributed by atoms with Crippen LogP contribution < -0.4 is 9.64 Å². The minimum atomic E-state index is -3.54. The second kappa shape index (κ2) is 9.33. The van der Waals surface area contributed by atoms with Crippen molar-refractivity contribution >= 4 is 42.4 Å². The number of anilines is 1. The molecule has 1 aliphatic rings. The number of sulfone groups is 1. The molecule has 0 aliphatic carbocycles. The molecule has 0 saturated carbocycles. The number of carbonyl (C=O) groups is 1. The molecule has 2 aromatic carbocycles. The number of ether oxygens (including phenoxy) is 2.